The SMILES string of the molecule is C=CCON=Cc1ccc(-n2c(O)c(Cc3cn(C(C)=O)c4ccccc34)n(CC=C)c2=O)cc1. The number of rotatable bonds is 9. The van der Waals surface area contributed by atoms with E-state index in [0.29, 0.717) is 18.0 Å². The second-order valence-electron chi connectivity index (χ2n) is 7.94. The molecule has 0 saturated heterocycles. The fourth-order valence-electron chi connectivity index (χ4n) is 4.04. The second-order valence-corrected chi connectivity index (χ2v) is 7.94. The van der Waals surface area contributed by atoms with E-state index < -0.39 is 0 Å². The minimum Gasteiger partial charge on any atom is -0.493 e. The van der Waals surface area contributed by atoms with Gasteiger partial charge in [0.05, 0.1) is 23.1 Å². The highest BCUT2D eigenvalue weighted by Crippen LogP contribution is 2.28. The summed E-state index contributed by atoms with van der Waals surface area (Å²) in [6.45, 7) is 9.35. The molecular formula is C27H26N4O4. The Balaban J connectivity index is 1.75. The summed E-state index contributed by atoms with van der Waals surface area (Å²) in [6.07, 6.45) is 6.77. The molecule has 1 N–H and O–H groups in total. The van der Waals surface area contributed by atoms with Crippen LogP contribution < -0.4 is 5.69 Å². The molecular weight excluding hydrogens is 444 g/mol. The minimum atomic E-state index is -0.386. The summed E-state index contributed by atoms with van der Waals surface area (Å²) in [7, 11) is 0. The molecule has 35 heavy (non-hydrogen) atoms. The van der Waals surface area contributed by atoms with Crippen molar-refractivity contribution in [2.45, 2.75) is 19.9 Å². The van der Waals surface area contributed by atoms with Crippen LogP contribution in [0.25, 0.3) is 16.6 Å². The zero-order valence-corrected chi connectivity index (χ0v) is 19.4. The monoisotopic (exact) mass is 470 g/mol. The second kappa shape index (κ2) is 10.1. The molecule has 4 aromatic rings. The Kier molecular flexibility index (Phi) is 6.82. The third kappa shape index (κ3) is 4.59. The molecule has 0 radical (unpaired) electrons. The Morgan fingerprint density at radius 2 is 1.86 bits per heavy atom. The summed E-state index contributed by atoms with van der Waals surface area (Å²) >= 11 is 0. The molecule has 0 aliphatic carbocycles. The molecule has 0 unspecified atom stereocenters. The average Bonchev–Trinajstić information content (AvgIpc) is 3.34. The Bertz CT molecular complexity index is 1490. The first-order chi connectivity index (χ1) is 17.0. The van der Waals surface area contributed by atoms with Crippen molar-refractivity contribution < 1.29 is 14.7 Å². The lowest BCUT2D eigenvalue weighted by atomic mass is 10.1. The molecule has 0 atom stereocenters. The van der Waals surface area contributed by atoms with Crippen LogP contribution in [0.3, 0.4) is 0 Å². The summed E-state index contributed by atoms with van der Waals surface area (Å²) in [5.74, 6) is -0.275. The number of oxime groups is 1. The zero-order chi connectivity index (χ0) is 24.9. The Labute approximate surface area is 202 Å². The van der Waals surface area contributed by atoms with Crippen molar-refractivity contribution in [2.75, 3.05) is 6.61 Å². The van der Waals surface area contributed by atoms with Gasteiger partial charge in [-0.05, 0) is 29.3 Å². The topological polar surface area (TPSA) is 90.8 Å². The number of para-hydroxylation sites is 1. The summed E-state index contributed by atoms with van der Waals surface area (Å²) in [4.78, 5) is 30.5. The number of allylic oxidation sites excluding steroid dienone is 1. The van der Waals surface area contributed by atoms with Crippen LogP contribution in [0.2, 0.25) is 0 Å². The first-order valence-corrected chi connectivity index (χ1v) is 11.1. The van der Waals surface area contributed by atoms with Crippen LogP contribution in [0.15, 0.2) is 90.0 Å². The Morgan fingerprint density at radius 1 is 1.11 bits per heavy atom. The van der Waals surface area contributed by atoms with Crippen LogP contribution in [-0.2, 0) is 17.8 Å². The van der Waals surface area contributed by atoms with E-state index in [1.165, 1.54) is 16.1 Å². The normalized spacial score (nSPS) is 11.2. The van der Waals surface area contributed by atoms with Crippen molar-refractivity contribution in [1.82, 2.24) is 13.7 Å². The van der Waals surface area contributed by atoms with E-state index in [2.05, 4.69) is 18.3 Å². The minimum absolute atomic E-state index is 0.115. The number of hydrogen-bond donors (Lipinski definition) is 1. The predicted octanol–water partition coefficient (Wildman–Crippen LogP) is 4.27. The van der Waals surface area contributed by atoms with Crippen molar-refractivity contribution in [3.05, 3.63) is 107 Å². The van der Waals surface area contributed by atoms with E-state index in [9.17, 15) is 14.7 Å². The average molecular weight is 471 g/mol. The van der Waals surface area contributed by atoms with Crippen LogP contribution in [0.1, 0.15) is 28.5 Å². The third-order valence-electron chi connectivity index (χ3n) is 5.64. The van der Waals surface area contributed by atoms with Gasteiger partial charge in [-0.1, -0.05) is 54.2 Å². The number of aromatic hydroxyl groups is 1. The van der Waals surface area contributed by atoms with Crippen LogP contribution in [0.4, 0.5) is 0 Å². The first-order valence-electron chi connectivity index (χ1n) is 11.1. The van der Waals surface area contributed by atoms with Gasteiger partial charge in [0, 0.05) is 31.5 Å². The van der Waals surface area contributed by atoms with Gasteiger partial charge in [-0.15, -0.1) is 6.58 Å². The number of aromatic nitrogens is 3. The van der Waals surface area contributed by atoms with Crippen molar-refractivity contribution in [1.29, 1.82) is 0 Å². The van der Waals surface area contributed by atoms with E-state index in [0.717, 1.165) is 22.0 Å². The number of carbonyl (C=O) groups excluding carboxylic acids is 1. The van der Waals surface area contributed by atoms with Gasteiger partial charge in [0.25, 0.3) is 0 Å². The van der Waals surface area contributed by atoms with E-state index in [4.69, 9.17) is 4.84 Å². The predicted molar refractivity (Wildman–Crippen MR) is 137 cm³/mol. The van der Waals surface area contributed by atoms with Crippen molar-refractivity contribution in [3.63, 3.8) is 0 Å². The lowest BCUT2D eigenvalue weighted by Gasteiger charge is -2.05. The molecule has 0 saturated carbocycles. The van der Waals surface area contributed by atoms with Crippen LogP contribution in [0, 0.1) is 0 Å². The standard InChI is InChI=1S/C27H26N4O4/c1-4-14-29-25(16-21-18-30(19(3)32)24-9-7-6-8-23(21)24)26(33)31(27(29)34)22-12-10-20(11-13-22)17-28-35-15-5-2/h4-13,17-18,33H,1-2,14-16H2,3H3. The van der Waals surface area contributed by atoms with Crippen LogP contribution in [0.5, 0.6) is 5.88 Å². The summed E-state index contributed by atoms with van der Waals surface area (Å²) in [5, 5.41) is 15.9. The highest BCUT2D eigenvalue weighted by Gasteiger charge is 2.22. The fourth-order valence-corrected chi connectivity index (χ4v) is 4.04. The van der Waals surface area contributed by atoms with Gasteiger partial charge >= 0.3 is 5.69 Å². The Hall–Kier alpha value is -4.59. The van der Waals surface area contributed by atoms with Crippen LogP contribution >= 0.6 is 0 Å². The van der Waals surface area contributed by atoms with E-state index in [1.54, 1.807) is 53.4 Å². The molecule has 0 aliphatic rings. The van der Waals surface area contributed by atoms with E-state index in [-0.39, 0.29) is 30.4 Å². The Morgan fingerprint density at radius 3 is 2.54 bits per heavy atom. The first kappa shape index (κ1) is 23.6. The number of hydrogen-bond acceptors (Lipinski definition) is 5. The molecule has 4 rings (SSSR count). The maximum atomic E-state index is 13.3. The maximum Gasteiger partial charge on any atom is 0.336 e. The molecule has 8 heteroatoms. The molecule has 0 fully saturated rings. The highest BCUT2D eigenvalue weighted by molar-refractivity contribution is 5.93. The molecule has 178 valence electrons. The van der Waals surface area contributed by atoms with Crippen molar-refractivity contribution >= 4 is 23.0 Å². The molecule has 2 aromatic carbocycles. The summed E-state index contributed by atoms with van der Waals surface area (Å²) < 4.78 is 4.33. The van der Waals surface area contributed by atoms with Gasteiger partial charge in [0.1, 0.15) is 6.61 Å². The van der Waals surface area contributed by atoms with Gasteiger partial charge in [-0.2, -0.15) is 0 Å². The molecule has 0 aliphatic heterocycles. The molecule has 2 aromatic heterocycles. The highest BCUT2D eigenvalue weighted by atomic mass is 16.6. The summed E-state index contributed by atoms with van der Waals surface area (Å²) in [6, 6.07) is 14.5. The van der Waals surface area contributed by atoms with E-state index in [1.807, 2.05) is 24.3 Å². The number of carbonyl (C=O) groups is 1. The van der Waals surface area contributed by atoms with E-state index >= 15 is 0 Å². The number of imidazole rings is 1. The largest absolute Gasteiger partial charge is 0.493 e. The number of benzene rings is 2. The lowest BCUT2D eigenvalue weighted by Crippen LogP contribution is -2.23. The smallest absolute Gasteiger partial charge is 0.336 e. The maximum absolute atomic E-state index is 13.3. The molecule has 2 heterocycles. The fraction of sp³-hybridized carbons (Fsp3) is 0.148. The number of fused-ring (bicyclic) bond motifs is 1. The number of nitrogens with zero attached hydrogens (tertiary/aromatic N) is 4. The molecule has 0 amide bonds. The van der Waals surface area contributed by atoms with Gasteiger partial charge < -0.3 is 9.94 Å². The molecule has 8 nitrogen and oxygen atoms in total. The van der Waals surface area contributed by atoms with Crippen molar-refractivity contribution in [2.24, 2.45) is 5.16 Å². The third-order valence-corrected chi connectivity index (χ3v) is 5.64. The summed E-state index contributed by atoms with van der Waals surface area (Å²) in [5.41, 5.74) is 2.93. The molecule has 0 spiro atoms. The van der Waals surface area contributed by atoms with Gasteiger partial charge in [-0.3, -0.25) is 13.9 Å². The lowest BCUT2D eigenvalue weighted by molar-refractivity contribution is 0.0941. The van der Waals surface area contributed by atoms with Crippen molar-refractivity contribution in [3.8, 4) is 11.6 Å². The van der Waals surface area contributed by atoms with Gasteiger partial charge in [0.2, 0.25) is 11.8 Å². The van der Waals surface area contributed by atoms with Gasteiger partial charge in [0.15, 0.2) is 0 Å². The van der Waals surface area contributed by atoms with Crippen LogP contribution in [-0.4, -0.2) is 37.5 Å². The zero-order valence-electron chi connectivity index (χ0n) is 19.4. The van der Waals surface area contributed by atoms with Gasteiger partial charge in [-0.25, -0.2) is 9.36 Å². The molecule has 0 bridgehead atoms. The quantitative estimate of drug-likeness (QED) is 0.171.